The summed E-state index contributed by atoms with van der Waals surface area (Å²) in [5, 5.41) is 3.57. The van der Waals surface area contributed by atoms with Gasteiger partial charge in [-0.2, -0.15) is 28.8 Å². The quantitative estimate of drug-likeness (QED) is 0.819. The lowest BCUT2D eigenvalue weighted by atomic mass is 9.98. The molecule has 5 nitrogen and oxygen atoms in total. The van der Waals surface area contributed by atoms with E-state index in [0.717, 1.165) is 36.9 Å². The van der Waals surface area contributed by atoms with Crippen molar-refractivity contribution < 1.29 is 8.42 Å². The Morgan fingerprint density at radius 3 is 2.48 bits per heavy atom. The van der Waals surface area contributed by atoms with Gasteiger partial charge in [-0.25, -0.2) is 0 Å². The molecule has 0 radical (unpaired) electrons. The molecule has 1 unspecified atom stereocenters. The van der Waals surface area contributed by atoms with Crippen LogP contribution in [0.3, 0.4) is 0 Å². The van der Waals surface area contributed by atoms with Gasteiger partial charge >= 0.3 is 0 Å². The molecular formula is C14H27N3O2S2. The first kappa shape index (κ1) is 16.1. The lowest BCUT2D eigenvalue weighted by Gasteiger charge is -2.38. The van der Waals surface area contributed by atoms with Crippen molar-refractivity contribution in [3.63, 3.8) is 0 Å². The summed E-state index contributed by atoms with van der Waals surface area (Å²) < 4.78 is 29.0. The van der Waals surface area contributed by atoms with E-state index in [2.05, 4.69) is 5.32 Å². The summed E-state index contributed by atoms with van der Waals surface area (Å²) in [6, 6.07) is 0.876. The molecule has 3 fully saturated rings. The Morgan fingerprint density at radius 1 is 1.14 bits per heavy atom. The van der Waals surface area contributed by atoms with Gasteiger partial charge < -0.3 is 5.32 Å². The minimum atomic E-state index is -3.24. The number of rotatable bonds is 5. The van der Waals surface area contributed by atoms with Gasteiger partial charge in [0.1, 0.15) is 0 Å². The smallest absolute Gasteiger partial charge is 0.282 e. The number of thioether (sulfide) groups is 1. The Hall–Kier alpha value is 0.180. The Morgan fingerprint density at radius 2 is 1.86 bits per heavy atom. The summed E-state index contributed by atoms with van der Waals surface area (Å²) in [6.07, 6.45) is 4.63. The summed E-state index contributed by atoms with van der Waals surface area (Å²) in [7, 11) is -3.24. The highest BCUT2D eigenvalue weighted by molar-refractivity contribution is 7.99. The van der Waals surface area contributed by atoms with Crippen LogP contribution >= 0.6 is 11.8 Å². The first-order valence-electron chi connectivity index (χ1n) is 8.15. The van der Waals surface area contributed by atoms with Gasteiger partial charge in [-0.15, -0.1) is 0 Å². The van der Waals surface area contributed by atoms with E-state index in [1.807, 2.05) is 18.7 Å². The number of piperidine rings is 1. The molecule has 0 amide bonds. The predicted octanol–water partition coefficient (Wildman–Crippen LogP) is 1.13. The SMILES string of the molecule is CC1CSCCN1S(=O)(=O)N1CCC(CNC2CC2)CC1. The van der Waals surface area contributed by atoms with E-state index < -0.39 is 10.2 Å². The van der Waals surface area contributed by atoms with Gasteiger partial charge in [0.25, 0.3) is 10.2 Å². The minimum absolute atomic E-state index is 0.128. The maximum atomic E-state index is 12.8. The van der Waals surface area contributed by atoms with E-state index in [0.29, 0.717) is 25.6 Å². The van der Waals surface area contributed by atoms with Crippen molar-refractivity contribution in [3.8, 4) is 0 Å². The monoisotopic (exact) mass is 333 g/mol. The highest BCUT2D eigenvalue weighted by Crippen LogP contribution is 2.26. The molecule has 122 valence electrons. The van der Waals surface area contributed by atoms with Crippen LogP contribution < -0.4 is 5.32 Å². The van der Waals surface area contributed by atoms with Crippen LogP contribution in [0.2, 0.25) is 0 Å². The van der Waals surface area contributed by atoms with Gasteiger partial charge in [0.05, 0.1) is 0 Å². The third-order valence-corrected chi connectivity index (χ3v) is 8.12. The van der Waals surface area contributed by atoms with Crippen LogP contribution in [0.1, 0.15) is 32.6 Å². The van der Waals surface area contributed by atoms with Crippen LogP contribution in [0, 0.1) is 5.92 Å². The Bertz CT molecular complexity index is 445. The molecule has 0 aromatic heterocycles. The minimum Gasteiger partial charge on any atom is -0.314 e. The van der Waals surface area contributed by atoms with Gasteiger partial charge in [-0.05, 0) is 45.1 Å². The average molecular weight is 334 g/mol. The van der Waals surface area contributed by atoms with Crippen molar-refractivity contribution in [1.29, 1.82) is 0 Å². The third kappa shape index (κ3) is 3.93. The summed E-state index contributed by atoms with van der Waals surface area (Å²) in [6.45, 7) is 5.13. The normalized spacial score (nSPS) is 30.6. The van der Waals surface area contributed by atoms with E-state index in [-0.39, 0.29) is 6.04 Å². The second-order valence-corrected chi connectivity index (χ2v) is 9.60. The standard InChI is InChI=1S/C14H27N3O2S2/c1-12-11-20-9-8-17(12)21(18,19)16-6-4-13(5-7-16)10-15-14-2-3-14/h12-15H,2-11H2,1H3. The maximum absolute atomic E-state index is 12.8. The van der Waals surface area contributed by atoms with Crippen molar-refractivity contribution in [1.82, 2.24) is 13.9 Å². The number of hydrogen-bond donors (Lipinski definition) is 1. The second kappa shape index (κ2) is 6.74. The molecule has 1 N–H and O–H groups in total. The third-order valence-electron chi connectivity index (χ3n) is 4.78. The molecule has 1 atom stereocenters. The highest BCUT2D eigenvalue weighted by Gasteiger charge is 2.36. The topological polar surface area (TPSA) is 52.7 Å². The molecule has 2 aliphatic heterocycles. The molecule has 1 aliphatic carbocycles. The van der Waals surface area contributed by atoms with E-state index in [9.17, 15) is 8.42 Å². The number of hydrogen-bond acceptors (Lipinski definition) is 4. The number of nitrogens with one attached hydrogen (secondary N) is 1. The lowest BCUT2D eigenvalue weighted by molar-refractivity contribution is 0.242. The summed E-state index contributed by atoms with van der Waals surface area (Å²) in [5.74, 6) is 2.48. The van der Waals surface area contributed by atoms with Crippen molar-refractivity contribution >= 4 is 22.0 Å². The summed E-state index contributed by atoms with van der Waals surface area (Å²) >= 11 is 1.85. The van der Waals surface area contributed by atoms with Crippen molar-refractivity contribution in [2.24, 2.45) is 5.92 Å². The van der Waals surface area contributed by atoms with Crippen LogP contribution in [0.25, 0.3) is 0 Å². The average Bonchev–Trinajstić information content (AvgIpc) is 3.30. The Labute approximate surface area is 133 Å². The van der Waals surface area contributed by atoms with Gasteiger partial charge in [0.15, 0.2) is 0 Å². The predicted molar refractivity (Wildman–Crippen MR) is 87.7 cm³/mol. The molecule has 3 aliphatic rings. The van der Waals surface area contributed by atoms with Gasteiger partial charge in [-0.3, -0.25) is 0 Å². The number of nitrogens with zero attached hydrogens (tertiary/aromatic N) is 2. The molecule has 7 heteroatoms. The van der Waals surface area contributed by atoms with Crippen LogP contribution in [0.5, 0.6) is 0 Å². The van der Waals surface area contributed by atoms with Gasteiger partial charge in [-0.1, -0.05) is 0 Å². The highest BCUT2D eigenvalue weighted by atomic mass is 32.2. The summed E-state index contributed by atoms with van der Waals surface area (Å²) in [4.78, 5) is 0. The van der Waals surface area contributed by atoms with Crippen LogP contribution in [-0.4, -0.2) is 66.8 Å². The fourth-order valence-corrected chi connectivity index (χ4v) is 6.21. The Kier molecular flexibility index (Phi) is 5.15. The Balaban J connectivity index is 1.52. The zero-order valence-corrected chi connectivity index (χ0v) is 14.5. The molecule has 0 aromatic rings. The molecule has 1 saturated carbocycles. The molecule has 0 spiro atoms. The van der Waals surface area contributed by atoms with E-state index in [4.69, 9.17) is 0 Å². The van der Waals surface area contributed by atoms with Crippen LogP contribution in [-0.2, 0) is 10.2 Å². The van der Waals surface area contributed by atoms with Gasteiger partial charge in [0.2, 0.25) is 0 Å². The molecule has 21 heavy (non-hydrogen) atoms. The summed E-state index contributed by atoms with van der Waals surface area (Å²) in [5.41, 5.74) is 0. The zero-order valence-electron chi connectivity index (χ0n) is 12.8. The first-order valence-corrected chi connectivity index (χ1v) is 10.7. The maximum Gasteiger partial charge on any atom is 0.282 e. The largest absolute Gasteiger partial charge is 0.314 e. The molecule has 3 rings (SSSR count). The van der Waals surface area contributed by atoms with E-state index >= 15 is 0 Å². The van der Waals surface area contributed by atoms with Crippen molar-refractivity contribution in [2.45, 2.75) is 44.7 Å². The fourth-order valence-electron chi connectivity index (χ4n) is 3.17. The van der Waals surface area contributed by atoms with Crippen LogP contribution in [0.4, 0.5) is 0 Å². The molecule has 0 bridgehead atoms. The molecule has 2 saturated heterocycles. The molecule has 0 aromatic carbocycles. The van der Waals surface area contributed by atoms with E-state index in [1.54, 1.807) is 8.61 Å². The first-order chi connectivity index (χ1) is 10.1. The molecular weight excluding hydrogens is 306 g/mol. The van der Waals surface area contributed by atoms with Crippen LogP contribution in [0.15, 0.2) is 0 Å². The van der Waals surface area contributed by atoms with Crippen molar-refractivity contribution in [2.75, 3.05) is 37.7 Å². The second-order valence-electron chi connectivity index (χ2n) is 6.57. The van der Waals surface area contributed by atoms with E-state index in [1.165, 1.54) is 12.8 Å². The lowest BCUT2D eigenvalue weighted by Crippen LogP contribution is -2.53. The zero-order chi connectivity index (χ0) is 14.9. The van der Waals surface area contributed by atoms with Gasteiger partial charge in [0, 0.05) is 43.2 Å². The van der Waals surface area contributed by atoms with Crippen molar-refractivity contribution in [3.05, 3.63) is 0 Å². The molecule has 2 heterocycles. The fraction of sp³-hybridized carbons (Fsp3) is 1.00.